The van der Waals surface area contributed by atoms with Crippen LogP contribution in [0.25, 0.3) is 0 Å². The van der Waals surface area contributed by atoms with E-state index in [9.17, 15) is 0 Å². The molecule has 102 valence electrons. The molecule has 0 amide bonds. The van der Waals surface area contributed by atoms with Crippen LogP contribution in [0.5, 0.6) is 0 Å². The van der Waals surface area contributed by atoms with Crippen molar-refractivity contribution in [3.8, 4) is 0 Å². The van der Waals surface area contributed by atoms with Gasteiger partial charge in [0.2, 0.25) is 0 Å². The maximum absolute atomic E-state index is 4.25. The summed E-state index contributed by atoms with van der Waals surface area (Å²) in [6, 6.07) is 21.2. The Hall–Kier alpha value is -2.22. The van der Waals surface area contributed by atoms with Crippen molar-refractivity contribution in [2.75, 3.05) is 16.8 Å². The molecule has 1 aliphatic rings. The molecule has 3 rings (SSSR count). The number of benzene rings is 2. The predicted molar refractivity (Wildman–Crippen MR) is 86.0 cm³/mol. The zero-order valence-corrected chi connectivity index (χ0v) is 11.6. The van der Waals surface area contributed by atoms with Crippen LogP contribution in [0.2, 0.25) is 0 Å². The smallest absolute Gasteiger partial charge is 0.0686 e. The van der Waals surface area contributed by atoms with Gasteiger partial charge < -0.3 is 10.2 Å². The summed E-state index contributed by atoms with van der Waals surface area (Å²) in [6.07, 6.45) is 2.38. The van der Waals surface area contributed by atoms with Crippen LogP contribution in [0.3, 0.4) is 0 Å². The molecule has 2 heteroatoms. The SMILES string of the molecule is C=C(Nc1ccccc1)C1CCCN1c1ccccc1. The van der Waals surface area contributed by atoms with Crippen LogP contribution in [0.15, 0.2) is 72.9 Å². The van der Waals surface area contributed by atoms with Gasteiger partial charge >= 0.3 is 0 Å². The second-order valence-corrected chi connectivity index (χ2v) is 5.20. The third kappa shape index (κ3) is 2.69. The normalized spacial score (nSPS) is 18.0. The van der Waals surface area contributed by atoms with Gasteiger partial charge in [-0.15, -0.1) is 0 Å². The highest BCUT2D eigenvalue weighted by Gasteiger charge is 2.26. The number of nitrogens with zero attached hydrogens (tertiary/aromatic N) is 1. The molecule has 0 aliphatic carbocycles. The van der Waals surface area contributed by atoms with Crippen molar-refractivity contribution in [2.45, 2.75) is 18.9 Å². The third-order valence-electron chi connectivity index (χ3n) is 3.82. The summed E-state index contributed by atoms with van der Waals surface area (Å²) in [4.78, 5) is 2.44. The van der Waals surface area contributed by atoms with Crippen molar-refractivity contribution in [2.24, 2.45) is 0 Å². The average molecular weight is 264 g/mol. The van der Waals surface area contributed by atoms with E-state index in [-0.39, 0.29) is 0 Å². The van der Waals surface area contributed by atoms with Crippen molar-refractivity contribution < 1.29 is 0 Å². The summed E-state index contributed by atoms with van der Waals surface area (Å²) in [5, 5.41) is 3.45. The lowest BCUT2D eigenvalue weighted by atomic mass is 10.1. The second-order valence-electron chi connectivity index (χ2n) is 5.20. The first-order valence-corrected chi connectivity index (χ1v) is 7.17. The Morgan fingerprint density at radius 3 is 2.35 bits per heavy atom. The molecule has 0 saturated carbocycles. The van der Waals surface area contributed by atoms with Crippen LogP contribution in [-0.2, 0) is 0 Å². The van der Waals surface area contributed by atoms with Crippen LogP contribution < -0.4 is 10.2 Å². The van der Waals surface area contributed by atoms with Crippen LogP contribution in [0.1, 0.15) is 12.8 Å². The lowest BCUT2D eigenvalue weighted by molar-refractivity contribution is 0.767. The Balaban J connectivity index is 1.74. The highest BCUT2D eigenvalue weighted by molar-refractivity contribution is 5.54. The minimum Gasteiger partial charge on any atom is -0.363 e. The summed E-state index contributed by atoms with van der Waals surface area (Å²) < 4.78 is 0. The van der Waals surface area contributed by atoms with Crippen LogP contribution in [0, 0.1) is 0 Å². The molecule has 1 aliphatic heterocycles. The Kier molecular flexibility index (Phi) is 3.73. The molecule has 0 bridgehead atoms. The molecule has 1 atom stereocenters. The van der Waals surface area contributed by atoms with Gasteiger partial charge in [0.25, 0.3) is 0 Å². The van der Waals surface area contributed by atoms with Crippen molar-refractivity contribution in [3.05, 3.63) is 72.9 Å². The van der Waals surface area contributed by atoms with Crippen molar-refractivity contribution in [1.82, 2.24) is 0 Å². The fourth-order valence-electron chi connectivity index (χ4n) is 2.85. The average Bonchev–Trinajstić information content (AvgIpc) is 2.99. The number of hydrogen-bond donors (Lipinski definition) is 1. The van der Waals surface area contributed by atoms with E-state index >= 15 is 0 Å². The monoisotopic (exact) mass is 264 g/mol. The lowest BCUT2D eigenvalue weighted by Gasteiger charge is -2.29. The highest BCUT2D eigenvalue weighted by Crippen LogP contribution is 2.29. The molecule has 20 heavy (non-hydrogen) atoms. The Bertz CT molecular complexity index is 562. The van der Waals surface area contributed by atoms with Gasteiger partial charge in [-0.3, -0.25) is 0 Å². The number of rotatable bonds is 4. The number of nitrogens with one attached hydrogen (secondary N) is 1. The maximum Gasteiger partial charge on any atom is 0.0686 e. The van der Waals surface area contributed by atoms with E-state index in [2.05, 4.69) is 59.3 Å². The van der Waals surface area contributed by atoms with Crippen LogP contribution in [-0.4, -0.2) is 12.6 Å². The van der Waals surface area contributed by atoms with Gasteiger partial charge in [-0.05, 0) is 37.1 Å². The molecule has 2 nitrogen and oxygen atoms in total. The minimum atomic E-state index is 0.373. The quantitative estimate of drug-likeness (QED) is 0.886. The molecule has 1 fully saturated rings. The van der Waals surface area contributed by atoms with Gasteiger partial charge in [0.15, 0.2) is 0 Å². The Morgan fingerprint density at radius 1 is 1.00 bits per heavy atom. The first-order valence-electron chi connectivity index (χ1n) is 7.17. The molecule has 1 heterocycles. The van der Waals surface area contributed by atoms with E-state index in [1.807, 2.05) is 18.2 Å². The van der Waals surface area contributed by atoms with Gasteiger partial charge in [-0.2, -0.15) is 0 Å². The van der Waals surface area contributed by atoms with Crippen molar-refractivity contribution in [3.63, 3.8) is 0 Å². The zero-order valence-electron chi connectivity index (χ0n) is 11.6. The topological polar surface area (TPSA) is 15.3 Å². The van der Waals surface area contributed by atoms with Crippen LogP contribution in [0.4, 0.5) is 11.4 Å². The van der Waals surface area contributed by atoms with Crippen molar-refractivity contribution in [1.29, 1.82) is 0 Å². The minimum absolute atomic E-state index is 0.373. The van der Waals surface area contributed by atoms with Crippen LogP contribution >= 0.6 is 0 Å². The third-order valence-corrected chi connectivity index (χ3v) is 3.82. The maximum atomic E-state index is 4.25. The molecule has 2 aromatic carbocycles. The molecular weight excluding hydrogens is 244 g/mol. The van der Waals surface area contributed by atoms with Gasteiger partial charge in [0.1, 0.15) is 0 Å². The van der Waals surface area contributed by atoms with E-state index in [1.54, 1.807) is 0 Å². The standard InChI is InChI=1S/C18H20N2/c1-15(19-16-9-4-2-5-10-16)18-13-8-14-20(18)17-11-6-3-7-12-17/h2-7,9-12,18-19H,1,8,13-14H2. The predicted octanol–water partition coefficient (Wildman–Crippen LogP) is 4.28. The molecule has 1 unspecified atom stereocenters. The van der Waals surface area contributed by atoms with Gasteiger partial charge in [-0.25, -0.2) is 0 Å². The molecule has 0 spiro atoms. The first kappa shape index (κ1) is 12.8. The number of para-hydroxylation sites is 2. The largest absolute Gasteiger partial charge is 0.363 e. The molecule has 1 N–H and O–H groups in total. The lowest BCUT2D eigenvalue weighted by Crippen LogP contribution is -2.32. The van der Waals surface area contributed by atoms with Crippen molar-refractivity contribution >= 4 is 11.4 Å². The van der Waals surface area contributed by atoms with E-state index < -0.39 is 0 Å². The van der Waals surface area contributed by atoms with E-state index in [0.29, 0.717) is 6.04 Å². The fraction of sp³-hybridized carbons (Fsp3) is 0.222. The molecule has 2 aromatic rings. The van der Waals surface area contributed by atoms with E-state index in [0.717, 1.165) is 24.4 Å². The number of anilines is 2. The zero-order chi connectivity index (χ0) is 13.8. The molecule has 0 aromatic heterocycles. The van der Waals surface area contributed by atoms with Gasteiger partial charge in [0, 0.05) is 23.6 Å². The molecule has 1 saturated heterocycles. The van der Waals surface area contributed by atoms with E-state index in [1.165, 1.54) is 12.1 Å². The molecule has 0 radical (unpaired) electrons. The fourth-order valence-corrected chi connectivity index (χ4v) is 2.85. The van der Waals surface area contributed by atoms with Gasteiger partial charge in [0.05, 0.1) is 6.04 Å². The molecular formula is C18H20N2. The summed E-state index contributed by atoms with van der Waals surface area (Å²) in [5.41, 5.74) is 3.47. The van der Waals surface area contributed by atoms with E-state index in [4.69, 9.17) is 0 Å². The van der Waals surface area contributed by atoms with Gasteiger partial charge in [-0.1, -0.05) is 43.0 Å². The Labute approximate surface area is 120 Å². The first-order chi connectivity index (χ1) is 9.84. The second kappa shape index (κ2) is 5.83. The highest BCUT2D eigenvalue weighted by atomic mass is 15.2. The number of hydrogen-bond acceptors (Lipinski definition) is 2. The Morgan fingerprint density at radius 2 is 1.65 bits per heavy atom. The summed E-state index contributed by atoms with van der Waals surface area (Å²) in [6.45, 7) is 5.36. The summed E-state index contributed by atoms with van der Waals surface area (Å²) in [7, 11) is 0. The summed E-state index contributed by atoms with van der Waals surface area (Å²) in [5.74, 6) is 0. The summed E-state index contributed by atoms with van der Waals surface area (Å²) >= 11 is 0.